The van der Waals surface area contributed by atoms with E-state index >= 15 is 0 Å². The number of aryl methyl sites for hydroxylation is 1. The highest BCUT2D eigenvalue weighted by molar-refractivity contribution is 9.10. The van der Waals surface area contributed by atoms with Crippen LogP contribution in [0.15, 0.2) is 77.3 Å². The third kappa shape index (κ3) is 4.92. The second-order valence-corrected chi connectivity index (χ2v) is 8.21. The van der Waals surface area contributed by atoms with Crippen LogP contribution in [0.5, 0.6) is 5.75 Å². The van der Waals surface area contributed by atoms with Crippen LogP contribution >= 0.6 is 15.9 Å². The van der Waals surface area contributed by atoms with Crippen LogP contribution in [-0.2, 0) is 24.4 Å². The van der Waals surface area contributed by atoms with Crippen LogP contribution in [-0.4, -0.2) is 10.9 Å². The molecule has 0 aliphatic rings. The molecule has 3 aromatic carbocycles. The average Bonchev–Trinajstić information content (AvgIpc) is 3.06. The van der Waals surface area contributed by atoms with Crippen LogP contribution in [0.4, 0.5) is 0 Å². The van der Waals surface area contributed by atoms with E-state index in [0.717, 1.165) is 43.5 Å². The van der Waals surface area contributed by atoms with E-state index in [2.05, 4.69) is 26.2 Å². The van der Waals surface area contributed by atoms with Gasteiger partial charge in [0, 0.05) is 27.6 Å². The molecule has 0 aliphatic carbocycles. The zero-order valence-electron chi connectivity index (χ0n) is 16.7. The smallest absolute Gasteiger partial charge is 0.224 e. The highest BCUT2D eigenvalue weighted by atomic mass is 79.9. The fourth-order valence-corrected chi connectivity index (χ4v) is 3.94. The van der Waals surface area contributed by atoms with Gasteiger partial charge < -0.3 is 15.0 Å². The third-order valence-corrected chi connectivity index (χ3v) is 5.55. The van der Waals surface area contributed by atoms with Crippen molar-refractivity contribution in [1.82, 2.24) is 10.3 Å². The van der Waals surface area contributed by atoms with Gasteiger partial charge in [-0.05, 0) is 53.9 Å². The Labute approximate surface area is 184 Å². The molecule has 0 spiro atoms. The Balaban J connectivity index is 1.46. The van der Waals surface area contributed by atoms with Crippen molar-refractivity contribution in [3.05, 3.63) is 99.7 Å². The number of hydrogen-bond donors (Lipinski definition) is 2. The number of hydrogen-bond acceptors (Lipinski definition) is 2. The summed E-state index contributed by atoms with van der Waals surface area (Å²) < 4.78 is 6.97. The molecule has 1 amide bonds. The maximum Gasteiger partial charge on any atom is 0.224 e. The molecule has 2 N–H and O–H groups in total. The molecule has 4 rings (SSSR count). The summed E-state index contributed by atoms with van der Waals surface area (Å²) in [5, 5.41) is 4.04. The van der Waals surface area contributed by atoms with Crippen molar-refractivity contribution in [1.29, 1.82) is 0 Å². The second kappa shape index (κ2) is 9.18. The van der Waals surface area contributed by atoms with Crippen molar-refractivity contribution in [2.45, 2.75) is 26.5 Å². The van der Waals surface area contributed by atoms with E-state index in [4.69, 9.17) is 4.74 Å². The molecular weight excluding hydrogens is 440 g/mol. The zero-order chi connectivity index (χ0) is 20.9. The van der Waals surface area contributed by atoms with E-state index in [1.165, 1.54) is 0 Å². The molecule has 1 aromatic heterocycles. The Morgan fingerprint density at radius 1 is 1.00 bits per heavy atom. The molecule has 0 unspecified atom stereocenters. The van der Waals surface area contributed by atoms with E-state index in [9.17, 15) is 4.79 Å². The Bertz CT molecular complexity index is 1170. The van der Waals surface area contributed by atoms with Crippen LogP contribution in [0.25, 0.3) is 10.9 Å². The lowest BCUT2D eigenvalue weighted by Gasteiger charge is -2.08. The first kappa shape index (κ1) is 20.2. The molecular formula is C25H23BrN2O2. The van der Waals surface area contributed by atoms with Gasteiger partial charge in [-0.3, -0.25) is 4.79 Å². The number of H-pyrrole nitrogens is 1. The summed E-state index contributed by atoms with van der Waals surface area (Å²) in [5.41, 5.74) is 5.19. The van der Waals surface area contributed by atoms with Crippen molar-refractivity contribution >= 4 is 32.7 Å². The van der Waals surface area contributed by atoms with Gasteiger partial charge in [0.15, 0.2) is 0 Å². The summed E-state index contributed by atoms with van der Waals surface area (Å²) in [4.78, 5) is 16.0. The number of carbonyl (C=O) groups is 1. The molecule has 0 saturated carbocycles. The first-order valence-electron chi connectivity index (χ1n) is 9.87. The molecule has 4 nitrogen and oxygen atoms in total. The van der Waals surface area contributed by atoms with Crippen LogP contribution in [0.3, 0.4) is 0 Å². The van der Waals surface area contributed by atoms with E-state index in [1.54, 1.807) is 0 Å². The normalized spacial score (nSPS) is 10.9. The quantitative estimate of drug-likeness (QED) is 0.371. The van der Waals surface area contributed by atoms with Crippen LogP contribution in [0.1, 0.15) is 22.4 Å². The monoisotopic (exact) mass is 462 g/mol. The lowest BCUT2D eigenvalue weighted by atomic mass is 10.1. The number of halogens is 1. The molecule has 30 heavy (non-hydrogen) atoms. The fraction of sp³-hybridized carbons (Fsp3) is 0.160. The van der Waals surface area contributed by atoms with Crippen molar-refractivity contribution < 1.29 is 9.53 Å². The van der Waals surface area contributed by atoms with E-state index in [1.807, 2.05) is 79.7 Å². The number of amides is 1. The lowest BCUT2D eigenvalue weighted by Crippen LogP contribution is -2.24. The zero-order valence-corrected chi connectivity index (χ0v) is 18.3. The molecule has 0 aliphatic heterocycles. The topological polar surface area (TPSA) is 54.1 Å². The van der Waals surface area contributed by atoms with Gasteiger partial charge in [-0.25, -0.2) is 0 Å². The Hall–Kier alpha value is -3.05. The van der Waals surface area contributed by atoms with Crippen LogP contribution in [0, 0.1) is 6.92 Å². The molecule has 152 valence electrons. The summed E-state index contributed by atoms with van der Waals surface area (Å²) in [6.45, 7) is 3.02. The molecule has 4 aromatic rings. The van der Waals surface area contributed by atoms with Gasteiger partial charge in [-0.2, -0.15) is 0 Å². The number of aromatic amines is 1. The largest absolute Gasteiger partial charge is 0.489 e. The van der Waals surface area contributed by atoms with Crippen molar-refractivity contribution in [2.75, 3.05) is 0 Å². The number of benzene rings is 3. The highest BCUT2D eigenvalue weighted by Crippen LogP contribution is 2.27. The van der Waals surface area contributed by atoms with Crippen LogP contribution in [0.2, 0.25) is 0 Å². The van der Waals surface area contributed by atoms with Gasteiger partial charge >= 0.3 is 0 Å². The van der Waals surface area contributed by atoms with Gasteiger partial charge in [-0.15, -0.1) is 0 Å². The minimum atomic E-state index is -0.00502. The van der Waals surface area contributed by atoms with Gasteiger partial charge in [0.05, 0.1) is 6.42 Å². The van der Waals surface area contributed by atoms with E-state index in [0.29, 0.717) is 19.6 Å². The number of nitrogens with one attached hydrogen (secondary N) is 2. The first-order chi connectivity index (χ1) is 14.6. The van der Waals surface area contributed by atoms with Crippen LogP contribution < -0.4 is 10.1 Å². The summed E-state index contributed by atoms with van der Waals surface area (Å²) in [6.07, 6.45) is 0.321. The van der Waals surface area contributed by atoms with Crippen molar-refractivity contribution in [3.8, 4) is 5.75 Å². The SMILES string of the molecule is Cc1[nH]c2ccc(OCc3ccccc3)cc2c1CC(=O)NCc1cccc(Br)c1. The van der Waals surface area contributed by atoms with Crippen molar-refractivity contribution in [2.24, 2.45) is 0 Å². The Morgan fingerprint density at radius 3 is 2.60 bits per heavy atom. The summed E-state index contributed by atoms with van der Waals surface area (Å²) >= 11 is 3.46. The summed E-state index contributed by atoms with van der Waals surface area (Å²) in [7, 11) is 0. The summed E-state index contributed by atoms with van der Waals surface area (Å²) in [5.74, 6) is 0.788. The molecule has 0 fully saturated rings. The van der Waals surface area contributed by atoms with E-state index in [-0.39, 0.29) is 5.91 Å². The molecule has 0 bridgehead atoms. The summed E-state index contributed by atoms with van der Waals surface area (Å²) in [6, 6.07) is 24.0. The number of aromatic nitrogens is 1. The van der Waals surface area contributed by atoms with Gasteiger partial charge in [0.1, 0.15) is 12.4 Å². The lowest BCUT2D eigenvalue weighted by molar-refractivity contribution is -0.120. The fourth-order valence-electron chi connectivity index (χ4n) is 3.49. The first-order valence-corrected chi connectivity index (χ1v) is 10.7. The minimum absolute atomic E-state index is 0.00502. The maximum atomic E-state index is 12.6. The number of carbonyl (C=O) groups excluding carboxylic acids is 1. The predicted molar refractivity (Wildman–Crippen MR) is 124 cm³/mol. The number of ether oxygens (including phenoxy) is 1. The molecule has 0 atom stereocenters. The van der Waals surface area contributed by atoms with E-state index < -0.39 is 0 Å². The molecule has 5 heteroatoms. The standard InChI is InChI=1S/C25H23BrN2O2/c1-17-22(14-25(29)27-15-19-8-5-9-20(26)12-19)23-13-21(10-11-24(23)28-17)30-16-18-6-3-2-4-7-18/h2-13,28H,14-16H2,1H3,(H,27,29). The predicted octanol–water partition coefficient (Wildman–Crippen LogP) is 5.68. The number of rotatable bonds is 7. The van der Waals surface area contributed by atoms with Gasteiger partial charge in [0.2, 0.25) is 5.91 Å². The average molecular weight is 463 g/mol. The van der Waals surface area contributed by atoms with Crippen molar-refractivity contribution in [3.63, 3.8) is 0 Å². The minimum Gasteiger partial charge on any atom is -0.489 e. The Kier molecular flexibility index (Phi) is 6.19. The highest BCUT2D eigenvalue weighted by Gasteiger charge is 2.13. The molecule has 1 heterocycles. The third-order valence-electron chi connectivity index (χ3n) is 5.06. The number of fused-ring (bicyclic) bond motifs is 1. The molecule has 0 radical (unpaired) electrons. The Morgan fingerprint density at radius 2 is 1.80 bits per heavy atom. The maximum absolute atomic E-state index is 12.6. The second-order valence-electron chi connectivity index (χ2n) is 7.29. The van der Waals surface area contributed by atoms with Gasteiger partial charge in [-0.1, -0.05) is 58.4 Å². The van der Waals surface area contributed by atoms with Gasteiger partial charge in [0.25, 0.3) is 0 Å². The molecule has 0 saturated heterocycles.